The third-order valence-electron chi connectivity index (χ3n) is 4.03. The molecule has 0 heterocycles. The molecule has 0 spiro atoms. The van der Waals surface area contributed by atoms with Crippen LogP contribution >= 0.6 is 31.9 Å². The van der Waals surface area contributed by atoms with Crippen LogP contribution in [0.25, 0.3) is 0 Å². The Kier molecular flexibility index (Phi) is 5.14. The number of anilines is 1. The van der Waals surface area contributed by atoms with Crippen LogP contribution in [0.5, 0.6) is 0 Å². The third-order valence-corrected chi connectivity index (χ3v) is 5.35. The Balaban J connectivity index is 1.96. The first-order chi connectivity index (χ1) is 8.58. The van der Waals surface area contributed by atoms with Crippen molar-refractivity contribution in [3.05, 3.63) is 27.1 Å². The molecule has 100 valence electrons. The SMILES string of the molecule is CC(C)C1CCC(Nc2c(Br)cccc2Br)CC1. The predicted molar refractivity (Wildman–Crippen MR) is 86.0 cm³/mol. The molecule has 2 rings (SSSR count). The zero-order valence-electron chi connectivity index (χ0n) is 11.0. The van der Waals surface area contributed by atoms with Gasteiger partial charge >= 0.3 is 0 Å². The lowest BCUT2D eigenvalue weighted by molar-refractivity contribution is 0.267. The molecule has 3 heteroatoms. The summed E-state index contributed by atoms with van der Waals surface area (Å²) in [6.45, 7) is 4.70. The molecule has 0 aliphatic heterocycles. The molecule has 1 nitrogen and oxygen atoms in total. The van der Waals surface area contributed by atoms with Crippen LogP contribution in [0.2, 0.25) is 0 Å². The van der Waals surface area contributed by atoms with Crippen LogP contribution in [0.4, 0.5) is 5.69 Å². The van der Waals surface area contributed by atoms with Crippen LogP contribution in [-0.2, 0) is 0 Å². The second kappa shape index (κ2) is 6.42. The van der Waals surface area contributed by atoms with E-state index in [4.69, 9.17) is 0 Å². The first-order valence-corrected chi connectivity index (χ1v) is 8.37. The molecule has 0 radical (unpaired) electrons. The van der Waals surface area contributed by atoms with Gasteiger partial charge in [0.1, 0.15) is 0 Å². The molecule has 0 amide bonds. The summed E-state index contributed by atoms with van der Waals surface area (Å²) in [4.78, 5) is 0. The fraction of sp³-hybridized carbons (Fsp3) is 0.600. The quantitative estimate of drug-likeness (QED) is 0.700. The van der Waals surface area contributed by atoms with Crippen molar-refractivity contribution in [2.75, 3.05) is 5.32 Å². The second-order valence-electron chi connectivity index (χ2n) is 5.60. The van der Waals surface area contributed by atoms with Gasteiger partial charge in [0.05, 0.1) is 5.69 Å². The molecule has 1 aliphatic rings. The van der Waals surface area contributed by atoms with E-state index in [-0.39, 0.29) is 0 Å². The van der Waals surface area contributed by atoms with Gasteiger partial charge in [0.25, 0.3) is 0 Å². The lowest BCUT2D eigenvalue weighted by Crippen LogP contribution is -2.28. The van der Waals surface area contributed by atoms with Crippen molar-refractivity contribution >= 4 is 37.5 Å². The summed E-state index contributed by atoms with van der Waals surface area (Å²) >= 11 is 7.23. The Bertz CT molecular complexity index is 375. The van der Waals surface area contributed by atoms with Gasteiger partial charge in [0, 0.05) is 15.0 Å². The fourth-order valence-corrected chi connectivity index (χ4v) is 4.00. The van der Waals surface area contributed by atoms with Crippen LogP contribution in [0, 0.1) is 11.8 Å². The molecule has 18 heavy (non-hydrogen) atoms. The topological polar surface area (TPSA) is 12.0 Å². The summed E-state index contributed by atoms with van der Waals surface area (Å²) in [5, 5.41) is 3.68. The minimum atomic E-state index is 0.620. The highest BCUT2D eigenvalue weighted by Gasteiger charge is 2.23. The number of hydrogen-bond acceptors (Lipinski definition) is 1. The van der Waals surface area contributed by atoms with Gasteiger partial charge in [-0.15, -0.1) is 0 Å². The molecule has 0 saturated heterocycles. The monoisotopic (exact) mass is 373 g/mol. The standard InChI is InChI=1S/C15H21Br2N/c1-10(2)11-6-8-12(9-7-11)18-15-13(16)4-3-5-14(15)17/h3-5,10-12,18H,6-9H2,1-2H3. The number of para-hydroxylation sites is 1. The molecule has 1 aromatic rings. The van der Waals surface area contributed by atoms with Crippen molar-refractivity contribution in [3.63, 3.8) is 0 Å². The van der Waals surface area contributed by atoms with E-state index in [9.17, 15) is 0 Å². The average Bonchev–Trinajstić information content (AvgIpc) is 2.34. The highest BCUT2D eigenvalue weighted by molar-refractivity contribution is 9.11. The Morgan fingerprint density at radius 1 is 1.06 bits per heavy atom. The van der Waals surface area contributed by atoms with Crippen LogP contribution < -0.4 is 5.32 Å². The number of rotatable bonds is 3. The zero-order valence-corrected chi connectivity index (χ0v) is 14.2. The van der Waals surface area contributed by atoms with E-state index < -0.39 is 0 Å². The molecule has 0 bridgehead atoms. The molecule has 0 atom stereocenters. The molecule has 1 fully saturated rings. The van der Waals surface area contributed by atoms with Gasteiger partial charge in [-0.1, -0.05) is 19.9 Å². The molecule has 1 N–H and O–H groups in total. The lowest BCUT2D eigenvalue weighted by Gasteiger charge is -2.32. The first-order valence-electron chi connectivity index (χ1n) is 6.78. The molecular formula is C15H21Br2N. The summed E-state index contributed by atoms with van der Waals surface area (Å²) in [5.41, 5.74) is 1.20. The van der Waals surface area contributed by atoms with Crippen LogP contribution in [0.3, 0.4) is 0 Å². The molecular weight excluding hydrogens is 354 g/mol. The van der Waals surface area contributed by atoms with E-state index in [1.54, 1.807) is 0 Å². The van der Waals surface area contributed by atoms with Gasteiger partial charge in [0.2, 0.25) is 0 Å². The van der Waals surface area contributed by atoms with Crippen molar-refractivity contribution in [1.29, 1.82) is 0 Å². The lowest BCUT2D eigenvalue weighted by atomic mass is 9.79. The fourth-order valence-electron chi connectivity index (χ4n) is 2.77. The van der Waals surface area contributed by atoms with Crippen molar-refractivity contribution in [2.24, 2.45) is 11.8 Å². The average molecular weight is 375 g/mol. The largest absolute Gasteiger partial charge is 0.380 e. The van der Waals surface area contributed by atoms with Crippen molar-refractivity contribution in [1.82, 2.24) is 0 Å². The molecule has 1 aromatic carbocycles. The maximum Gasteiger partial charge on any atom is 0.0631 e. The van der Waals surface area contributed by atoms with Gasteiger partial charge in [-0.05, 0) is 81.5 Å². The maximum atomic E-state index is 3.68. The Hall–Kier alpha value is -0.0200. The van der Waals surface area contributed by atoms with E-state index in [1.807, 2.05) is 0 Å². The minimum absolute atomic E-state index is 0.620. The van der Waals surface area contributed by atoms with Gasteiger partial charge in [0.15, 0.2) is 0 Å². The first kappa shape index (κ1) is 14.4. The zero-order chi connectivity index (χ0) is 13.1. The normalized spacial score (nSPS) is 24.3. The number of nitrogens with one attached hydrogen (secondary N) is 1. The van der Waals surface area contributed by atoms with E-state index in [2.05, 4.69) is 69.2 Å². The van der Waals surface area contributed by atoms with Gasteiger partial charge in [-0.2, -0.15) is 0 Å². The molecule has 0 unspecified atom stereocenters. The highest BCUT2D eigenvalue weighted by Crippen LogP contribution is 2.35. The number of hydrogen-bond donors (Lipinski definition) is 1. The molecule has 0 aromatic heterocycles. The van der Waals surface area contributed by atoms with Gasteiger partial charge in [-0.3, -0.25) is 0 Å². The maximum absolute atomic E-state index is 3.68. The van der Waals surface area contributed by atoms with Crippen LogP contribution in [0.1, 0.15) is 39.5 Å². The van der Waals surface area contributed by atoms with Crippen molar-refractivity contribution in [2.45, 2.75) is 45.6 Å². The minimum Gasteiger partial charge on any atom is -0.380 e. The second-order valence-corrected chi connectivity index (χ2v) is 7.31. The third kappa shape index (κ3) is 3.51. The summed E-state index contributed by atoms with van der Waals surface area (Å²) < 4.78 is 2.28. The molecule has 1 saturated carbocycles. The van der Waals surface area contributed by atoms with Crippen LogP contribution in [0.15, 0.2) is 27.1 Å². The Morgan fingerprint density at radius 2 is 1.61 bits per heavy atom. The van der Waals surface area contributed by atoms with E-state index in [0.29, 0.717) is 6.04 Å². The summed E-state index contributed by atoms with van der Waals surface area (Å²) in [6, 6.07) is 6.85. The van der Waals surface area contributed by atoms with E-state index in [0.717, 1.165) is 20.8 Å². The molecule has 1 aliphatic carbocycles. The summed E-state index contributed by atoms with van der Waals surface area (Å²) in [5.74, 6) is 1.76. The van der Waals surface area contributed by atoms with E-state index in [1.165, 1.54) is 31.4 Å². The van der Waals surface area contributed by atoms with Crippen molar-refractivity contribution in [3.8, 4) is 0 Å². The smallest absolute Gasteiger partial charge is 0.0631 e. The van der Waals surface area contributed by atoms with Crippen LogP contribution in [-0.4, -0.2) is 6.04 Å². The predicted octanol–water partition coefficient (Wildman–Crippen LogP) is 5.84. The van der Waals surface area contributed by atoms with Gasteiger partial charge in [-0.25, -0.2) is 0 Å². The Morgan fingerprint density at radius 3 is 2.11 bits per heavy atom. The summed E-state index contributed by atoms with van der Waals surface area (Å²) in [6.07, 6.45) is 5.29. The summed E-state index contributed by atoms with van der Waals surface area (Å²) in [7, 11) is 0. The number of halogens is 2. The van der Waals surface area contributed by atoms with Gasteiger partial charge < -0.3 is 5.32 Å². The van der Waals surface area contributed by atoms with Crippen molar-refractivity contribution < 1.29 is 0 Å². The van der Waals surface area contributed by atoms with E-state index >= 15 is 0 Å². The number of benzene rings is 1. The Labute approximate surface area is 127 Å². The highest BCUT2D eigenvalue weighted by atomic mass is 79.9.